The van der Waals surface area contributed by atoms with Gasteiger partial charge in [0, 0.05) is 10.9 Å². The molecule has 13 heavy (non-hydrogen) atoms. The van der Waals surface area contributed by atoms with Crippen LogP contribution in [0.3, 0.4) is 0 Å². The second-order valence-corrected chi connectivity index (χ2v) is 3.45. The zero-order chi connectivity index (χ0) is 9.42. The number of hydrogen-bond donors (Lipinski definition) is 2. The number of nitrogens with two attached hydrogens (primary N) is 1. The van der Waals surface area contributed by atoms with Gasteiger partial charge in [-0.05, 0) is 18.6 Å². The molecule has 0 aliphatic heterocycles. The van der Waals surface area contributed by atoms with Crippen LogP contribution in [0.1, 0.15) is 5.56 Å². The number of H-pyrrole nitrogens is 1. The SMILES string of the molecule is Cc1c(N)c(=S)[nH]c2ccccc12. The Kier molecular flexibility index (Phi) is 1.81. The van der Waals surface area contributed by atoms with Gasteiger partial charge in [-0.3, -0.25) is 0 Å². The van der Waals surface area contributed by atoms with Gasteiger partial charge < -0.3 is 10.7 Å². The van der Waals surface area contributed by atoms with Crippen LogP contribution in [-0.4, -0.2) is 4.98 Å². The van der Waals surface area contributed by atoms with E-state index in [2.05, 4.69) is 4.98 Å². The van der Waals surface area contributed by atoms with Crippen molar-refractivity contribution in [3.8, 4) is 0 Å². The number of nitrogens with one attached hydrogen (secondary N) is 1. The zero-order valence-electron chi connectivity index (χ0n) is 7.29. The molecule has 0 saturated carbocycles. The maximum Gasteiger partial charge on any atom is 0.127 e. The van der Waals surface area contributed by atoms with Crippen LogP contribution >= 0.6 is 12.2 Å². The molecule has 0 aliphatic carbocycles. The predicted molar refractivity (Wildman–Crippen MR) is 58.3 cm³/mol. The molecule has 2 rings (SSSR count). The largest absolute Gasteiger partial charge is 0.396 e. The first-order valence-corrected chi connectivity index (χ1v) is 4.48. The number of benzene rings is 1. The van der Waals surface area contributed by atoms with E-state index in [0.29, 0.717) is 10.3 Å². The van der Waals surface area contributed by atoms with E-state index in [4.69, 9.17) is 18.0 Å². The van der Waals surface area contributed by atoms with E-state index in [1.54, 1.807) is 0 Å². The zero-order valence-corrected chi connectivity index (χ0v) is 8.11. The molecule has 0 spiro atoms. The Labute approximate surface area is 81.4 Å². The number of pyridine rings is 1. The molecule has 2 aromatic rings. The van der Waals surface area contributed by atoms with E-state index < -0.39 is 0 Å². The molecular formula is C10H10N2S. The Bertz CT molecular complexity index is 514. The first-order chi connectivity index (χ1) is 6.20. The lowest BCUT2D eigenvalue weighted by Gasteiger charge is -2.05. The van der Waals surface area contributed by atoms with Crippen molar-refractivity contribution in [3.63, 3.8) is 0 Å². The second kappa shape index (κ2) is 2.85. The molecule has 0 fully saturated rings. The number of fused-ring (bicyclic) bond motifs is 1. The molecule has 1 aromatic carbocycles. The van der Waals surface area contributed by atoms with Gasteiger partial charge in [-0.15, -0.1) is 0 Å². The van der Waals surface area contributed by atoms with E-state index in [-0.39, 0.29) is 0 Å². The number of nitrogen functional groups attached to an aromatic ring is 1. The summed E-state index contributed by atoms with van der Waals surface area (Å²) < 4.78 is 0.621. The lowest BCUT2D eigenvalue weighted by molar-refractivity contribution is 1.34. The molecule has 2 nitrogen and oxygen atoms in total. The Morgan fingerprint density at radius 2 is 2.00 bits per heavy atom. The number of aryl methyl sites for hydroxylation is 1. The summed E-state index contributed by atoms with van der Waals surface area (Å²) in [6.45, 7) is 1.99. The van der Waals surface area contributed by atoms with Crippen molar-refractivity contribution in [1.82, 2.24) is 4.98 Å². The summed E-state index contributed by atoms with van der Waals surface area (Å²) >= 11 is 5.09. The summed E-state index contributed by atoms with van der Waals surface area (Å²) in [5, 5.41) is 1.13. The molecule has 0 bridgehead atoms. The van der Waals surface area contributed by atoms with E-state index in [0.717, 1.165) is 16.5 Å². The van der Waals surface area contributed by atoms with Gasteiger partial charge in [0.2, 0.25) is 0 Å². The van der Waals surface area contributed by atoms with Crippen LogP contribution in [0.5, 0.6) is 0 Å². The average molecular weight is 190 g/mol. The van der Waals surface area contributed by atoms with E-state index in [1.807, 2.05) is 31.2 Å². The number of para-hydroxylation sites is 1. The fraction of sp³-hybridized carbons (Fsp3) is 0.100. The van der Waals surface area contributed by atoms with Crippen LogP contribution in [0.2, 0.25) is 0 Å². The van der Waals surface area contributed by atoms with Gasteiger partial charge in [-0.1, -0.05) is 30.4 Å². The number of rotatable bonds is 0. The second-order valence-electron chi connectivity index (χ2n) is 3.04. The fourth-order valence-corrected chi connectivity index (χ4v) is 1.69. The van der Waals surface area contributed by atoms with Crippen LogP contribution in [0.4, 0.5) is 5.69 Å². The van der Waals surface area contributed by atoms with Crippen molar-refractivity contribution >= 4 is 28.8 Å². The van der Waals surface area contributed by atoms with Crippen molar-refractivity contribution in [2.75, 3.05) is 5.73 Å². The van der Waals surface area contributed by atoms with E-state index in [1.165, 1.54) is 0 Å². The number of aromatic nitrogens is 1. The van der Waals surface area contributed by atoms with Crippen LogP contribution in [-0.2, 0) is 0 Å². The standard InChI is InChI=1S/C10H10N2S/c1-6-7-4-2-3-5-8(7)12-10(13)9(6)11/h2-5H,11H2,1H3,(H,12,13). The smallest absolute Gasteiger partial charge is 0.127 e. The third-order valence-corrected chi connectivity index (χ3v) is 2.55. The molecule has 66 valence electrons. The monoisotopic (exact) mass is 190 g/mol. The summed E-state index contributed by atoms with van der Waals surface area (Å²) in [5.74, 6) is 0. The molecule has 1 heterocycles. The van der Waals surface area contributed by atoms with Crippen molar-refractivity contribution < 1.29 is 0 Å². The minimum absolute atomic E-state index is 0.621. The van der Waals surface area contributed by atoms with Gasteiger partial charge in [0.15, 0.2) is 0 Å². The van der Waals surface area contributed by atoms with Gasteiger partial charge in [0.05, 0.1) is 5.69 Å². The maximum absolute atomic E-state index is 5.81. The Morgan fingerprint density at radius 1 is 1.31 bits per heavy atom. The normalized spacial score (nSPS) is 10.5. The summed E-state index contributed by atoms with van der Waals surface area (Å²) in [6.07, 6.45) is 0. The van der Waals surface area contributed by atoms with Crippen LogP contribution in [0.15, 0.2) is 24.3 Å². The van der Waals surface area contributed by atoms with Crippen LogP contribution in [0.25, 0.3) is 10.9 Å². The molecule has 3 N–H and O–H groups in total. The van der Waals surface area contributed by atoms with Crippen molar-refractivity contribution in [2.45, 2.75) is 6.92 Å². The first-order valence-electron chi connectivity index (χ1n) is 4.07. The van der Waals surface area contributed by atoms with Crippen molar-refractivity contribution in [1.29, 1.82) is 0 Å². The summed E-state index contributed by atoms with van der Waals surface area (Å²) in [4.78, 5) is 3.09. The molecule has 0 saturated heterocycles. The maximum atomic E-state index is 5.81. The molecule has 1 aromatic heterocycles. The number of anilines is 1. The summed E-state index contributed by atoms with van der Waals surface area (Å²) in [6, 6.07) is 8.00. The van der Waals surface area contributed by atoms with E-state index in [9.17, 15) is 0 Å². The van der Waals surface area contributed by atoms with Gasteiger partial charge >= 0.3 is 0 Å². The molecule has 0 aliphatic rings. The van der Waals surface area contributed by atoms with Gasteiger partial charge in [-0.25, -0.2) is 0 Å². The summed E-state index contributed by atoms with van der Waals surface area (Å²) in [7, 11) is 0. The van der Waals surface area contributed by atoms with Crippen LogP contribution in [0, 0.1) is 11.6 Å². The minimum Gasteiger partial charge on any atom is -0.396 e. The highest BCUT2D eigenvalue weighted by atomic mass is 32.1. The van der Waals surface area contributed by atoms with Crippen molar-refractivity contribution in [2.24, 2.45) is 0 Å². The quantitative estimate of drug-likeness (QED) is 0.627. The van der Waals surface area contributed by atoms with Gasteiger partial charge in [0.25, 0.3) is 0 Å². The molecule has 0 radical (unpaired) electrons. The lowest BCUT2D eigenvalue weighted by atomic mass is 10.1. The highest BCUT2D eigenvalue weighted by molar-refractivity contribution is 7.71. The van der Waals surface area contributed by atoms with E-state index >= 15 is 0 Å². The Morgan fingerprint density at radius 3 is 2.77 bits per heavy atom. The van der Waals surface area contributed by atoms with Crippen molar-refractivity contribution in [3.05, 3.63) is 34.5 Å². The third kappa shape index (κ3) is 1.21. The Balaban J connectivity index is 3.02. The summed E-state index contributed by atoms with van der Waals surface area (Å²) in [5.41, 5.74) is 8.58. The highest BCUT2D eigenvalue weighted by Gasteiger charge is 2.01. The highest BCUT2D eigenvalue weighted by Crippen LogP contribution is 2.21. The molecule has 3 heteroatoms. The topological polar surface area (TPSA) is 41.8 Å². The number of aromatic amines is 1. The minimum atomic E-state index is 0.621. The fourth-order valence-electron chi connectivity index (χ4n) is 1.42. The molecule has 0 unspecified atom stereocenters. The lowest BCUT2D eigenvalue weighted by Crippen LogP contribution is -1.94. The van der Waals surface area contributed by atoms with Crippen LogP contribution < -0.4 is 5.73 Å². The molecular weight excluding hydrogens is 180 g/mol. The Hall–Kier alpha value is -1.35. The predicted octanol–water partition coefficient (Wildman–Crippen LogP) is 2.79. The first kappa shape index (κ1) is 8.26. The third-order valence-electron chi connectivity index (χ3n) is 2.23. The average Bonchev–Trinajstić information content (AvgIpc) is 2.15. The molecule has 0 atom stereocenters. The number of hydrogen-bond acceptors (Lipinski definition) is 2. The van der Waals surface area contributed by atoms with Gasteiger partial charge in [0.1, 0.15) is 4.64 Å². The molecule has 0 amide bonds. The van der Waals surface area contributed by atoms with Gasteiger partial charge in [-0.2, -0.15) is 0 Å².